The van der Waals surface area contributed by atoms with Gasteiger partial charge in [-0.25, -0.2) is 0 Å². The number of fused-ring (bicyclic) bond motifs is 1. The Morgan fingerprint density at radius 1 is 0.977 bits per heavy atom. The van der Waals surface area contributed by atoms with Gasteiger partial charge in [0.15, 0.2) is 11.5 Å². The van der Waals surface area contributed by atoms with Gasteiger partial charge in [0.1, 0.15) is 6.54 Å². The smallest absolute Gasteiger partial charge is 0.318 e. The lowest BCUT2D eigenvalue weighted by atomic mass is 10.00. The number of amides is 3. The molecule has 43 heavy (non-hydrogen) atoms. The molecule has 0 saturated carbocycles. The highest BCUT2D eigenvalue weighted by molar-refractivity contribution is 8.18. The number of carbonyl (C=O) groups excluding carboxylic acids is 3. The van der Waals surface area contributed by atoms with Crippen molar-refractivity contribution in [2.75, 3.05) is 19.7 Å². The maximum Gasteiger partial charge on any atom is 0.318 e. The van der Waals surface area contributed by atoms with Crippen molar-refractivity contribution in [3.63, 3.8) is 0 Å². The molecule has 1 saturated heterocycles. The largest absolute Gasteiger partial charge is 0.490 e. The average molecular weight is 605 g/mol. The van der Waals surface area contributed by atoms with E-state index >= 15 is 0 Å². The van der Waals surface area contributed by atoms with Crippen LogP contribution in [0.15, 0.2) is 65.6 Å². The summed E-state index contributed by atoms with van der Waals surface area (Å²) in [6, 6.07) is 15.4. The molecule has 2 aliphatic rings. The van der Waals surface area contributed by atoms with E-state index in [0.29, 0.717) is 36.8 Å². The summed E-state index contributed by atoms with van der Waals surface area (Å²) in [4.78, 5) is 62.5. The van der Waals surface area contributed by atoms with E-state index in [4.69, 9.17) is 9.47 Å². The van der Waals surface area contributed by atoms with E-state index in [2.05, 4.69) is 0 Å². The van der Waals surface area contributed by atoms with E-state index in [-0.39, 0.29) is 41.2 Å². The molecule has 0 bridgehead atoms. The zero-order chi connectivity index (χ0) is 30.7. The van der Waals surface area contributed by atoms with Crippen molar-refractivity contribution in [2.24, 2.45) is 0 Å². The normalized spacial score (nSPS) is 15.4. The lowest BCUT2D eigenvalue weighted by Gasteiger charge is -2.29. The summed E-state index contributed by atoms with van der Waals surface area (Å²) in [7, 11) is 0. The van der Waals surface area contributed by atoms with Crippen molar-refractivity contribution in [1.29, 1.82) is 0 Å². The van der Waals surface area contributed by atoms with Crippen LogP contribution in [0.25, 0.3) is 6.08 Å². The van der Waals surface area contributed by atoms with Crippen molar-refractivity contribution >= 4 is 46.3 Å². The predicted octanol–water partition coefficient (Wildman–Crippen LogP) is 5.32. The second-order valence-electron chi connectivity index (χ2n) is 9.51. The van der Waals surface area contributed by atoms with Gasteiger partial charge in [0.2, 0.25) is 11.7 Å². The molecule has 1 fully saturated rings. The van der Waals surface area contributed by atoms with Crippen LogP contribution in [0, 0.1) is 20.2 Å². The molecule has 5 rings (SSSR count). The molecule has 0 unspecified atom stereocenters. The van der Waals surface area contributed by atoms with Gasteiger partial charge in [-0.05, 0) is 66.1 Å². The molecule has 220 valence electrons. The Morgan fingerprint density at radius 2 is 1.72 bits per heavy atom. The number of rotatable bonds is 9. The Balaban J connectivity index is 1.32. The van der Waals surface area contributed by atoms with Crippen LogP contribution >= 0.6 is 11.8 Å². The third-order valence-electron chi connectivity index (χ3n) is 6.79. The summed E-state index contributed by atoms with van der Waals surface area (Å²) in [6.45, 7) is 2.48. The molecule has 2 aliphatic heterocycles. The van der Waals surface area contributed by atoms with Crippen LogP contribution in [0.4, 0.5) is 16.2 Å². The molecule has 0 radical (unpaired) electrons. The van der Waals surface area contributed by atoms with Crippen LogP contribution in [0.2, 0.25) is 0 Å². The SMILES string of the molecule is CCOc1cc(/C=C2/SC(=O)N(CC(=O)N3CCc4ccccc4C3)C2=O)ccc1Oc1ccc([N+](=O)[O-])cc1[N+](=O)[O-]. The average Bonchev–Trinajstić information content (AvgIpc) is 3.25. The van der Waals surface area contributed by atoms with Crippen molar-refractivity contribution in [1.82, 2.24) is 9.80 Å². The van der Waals surface area contributed by atoms with Crippen molar-refractivity contribution in [3.8, 4) is 17.2 Å². The molecule has 0 atom stereocenters. The number of nitro benzene ring substituents is 2. The van der Waals surface area contributed by atoms with Crippen LogP contribution in [0.5, 0.6) is 17.2 Å². The summed E-state index contributed by atoms with van der Waals surface area (Å²) in [5.74, 6) is -0.868. The van der Waals surface area contributed by atoms with Crippen LogP contribution < -0.4 is 9.47 Å². The number of thioether (sulfide) groups is 1. The molecule has 3 aromatic carbocycles. The maximum absolute atomic E-state index is 13.1. The van der Waals surface area contributed by atoms with Gasteiger partial charge in [-0.1, -0.05) is 30.3 Å². The third-order valence-corrected chi connectivity index (χ3v) is 7.69. The van der Waals surface area contributed by atoms with Crippen LogP contribution in [-0.4, -0.2) is 56.4 Å². The van der Waals surface area contributed by atoms with E-state index < -0.39 is 32.4 Å². The Labute approximate surface area is 249 Å². The molecular weight excluding hydrogens is 580 g/mol. The van der Waals surface area contributed by atoms with Crippen LogP contribution in [0.1, 0.15) is 23.6 Å². The van der Waals surface area contributed by atoms with Gasteiger partial charge in [-0.2, -0.15) is 0 Å². The first kappa shape index (κ1) is 29.3. The highest BCUT2D eigenvalue weighted by Crippen LogP contribution is 2.40. The minimum absolute atomic E-state index is 0.0951. The number of imide groups is 1. The fraction of sp³-hybridized carbons (Fsp3) is 0.207. The van der Waals surface area contributed by atoms with E-state index in [1.165, 1.54) is 23.8 Å². The second-order valence-corrected chi connectivity index (χ2v) is 10.5. The minimum Gasteiger partial charge on any atom is -0.490 e. The van der Waals surface area contributed by atoms with Crippen LogP contribution in [-0.2, 0) is 22.6 Å². The van der Waals surface area contributed by atoms with Crippen molar-refractivity contribution < 1.29 is 33.7 Å². The molecule has 0 N–H and O–H groups in total. The number of ether oxygens (including phenoxy) is 2. The fourth-order valence-corrected chi connectivity index (χ4v) is 5.50. The predicted molar refractivity (Wildman–Crippen MR) is 156 cm³/mol. The number of nitro groups is 2. The summed E-state index contributed by atoms with van der Waals surface area (Å²) >= 11 is 0.714. The van der Waals surface area contributed by atoms with Gasteiger partial charge in [-0.3, -0.25) is 39.5 Å². The quantitative estimate of drug-likeness (QED) is 0.178. The molecular formula is C29H24N4O9S. The van der Waals surface area contributed by atoms with Gasteiger partial charge in [0.05, 0.1) is 27.4 Å². The van der Waals surface area contributed by atoms with Crippen molar-refractivity contribution in [3.05, 3.63) is 102 Å². The molecule has 14 heteroatoms. The highest BCUT2D eigenvalue weighted by Gasteiger charge is 2.37. The lowest BCUT2D eigenvalue weighted by molar-refractivity contribution is -0.394. The standard InChI is InChI=1S/C29H24N4O9S/c1-2-41-25-13-18(7-9-24(25)42-23-10-8-21(32(37)38)15-22(23)33(39)40)14-26-28(35)31(29(36)43-26)17-27(34)30-12-11-19-5-3-4-6-20(19)16-30/h3-10,13-15H,2,11-12,16-17H2,1H3/b26-14+. The monoisotopic (exact) mass is 604 g/mol. The van der Waals surface area contributed by atoms with Crippen molar-refractivity contribution in [2.45, 2.75) is 19.9 Å². The molecule has 0 aromatic heterocycles. The number of nitrogens with zero attached hydrogens (tertiary/aromatic N) is 4. The number of hydrogen-bond acceptors (Lipinski definition) is 10. The number of hydrogen-bond donors (Lipinski definition) is 0. The van der Waals surface area contributed by atoms with Gasteiger partial charge >= 0.3 is 5.69 Å². The topological polar surface area (TPSA) is 162 Å². The summed E-state index contributed by atoms with van der Waals surface area (Å²) in [5.41, 5.74) is 1.62. The molecule has 3 aromatic rings. The summed E-state index contributed by atoms with van der Waals surface area (Å²) in [6.07, 6.45) is 2.18. The lowest BCUT2D eigenvalue weighted by Crippen LogP contribution is -2.44. The first-order chi connectivity index (χ1) is 20.6. The van der Waals surface area contributed by atoms with E-state index in [0.717, 1.165) is 28.7 Å². The van der Waals surface area contributed by atoms with Gasteiger partial charge in [0, 0.05) is 19.2 Å². The Bertz CT molecular complexity index is 1690. The number of non-ortho nitro benzene ring substituents is 1. The summed E-state index contributed by atoms with van der Waals surface area (Å²) in [5, 5.41) is 22.0. The molecule has 0 spiro atoms. The minimum atomic E-state index is -0.790. The molecule has 3 amide bonds. The highest BCUT2D eigenvalue weighted by atomic mass is 32.2. The molecule has 2 heterocycles. The van der Waals surface area contributed by atoms with E-state index in [1.807, 2.05) is 24.3 Å². The first-order valence-electron chi connectivity index (χ1n) is 13.1. The van der Waals surface area contributed by atoms with Gasteiger partial charge < -0.3 is 14.4 Å². The zero-order valence-corrected chi connectivity index (χ0v) is 23.6. The second kappa shape index (κ2) is 12.3. The first-order valence-corrected chi connectivity index (χ1v) is 13.9. The Hall–Kier alpha value is -5.24. The van der Waals surface area contributed by atoms with Gasteiger partial charge in [-0.15, -0.1) is 0 Å². The fourth-order valence-electron chi connectivity index (χ4n) is 4.67. The third kappa shape index (κ3) is 6.33. The van der Waals surface area contributed by atoms with E-state index in [1.54, 1.807) is 17.9 Å². The molecule has 0 aliphatic carbocycles. The maximum atomic E-state index is 13.1. The summed E-state index contributed by atoms with van der Waals surface area (Å²) < 4.78 is 11.3. The number of carbonyl (C=O) groups is 3. The number of benzene rings is 3. The molecule has 13 nitrogen and oxygen atoms in total. The Morgan fingerprint density at radius 3 is 2.44 bits per heavy atom. The van der Waals surface area contributed by atoms with Gasteiger partial charge in [0.25, 0.3) is 16.8 Å². The van der Waals surface area contributed by atoms with Crippen LogP contribution in [0.3, 0.4) is 0 Å². The Kier molecular flexibility index (Phi) is 8.39. The zero-order valence-electron chi connectivity index (χ0n) is 22.8. The van der Waals surface area contributed by atoms with E-state index in [9.17, 15) is 34.6 Å².